The predicted molar refractivity (Wildman–Crippen MR) is 74.8 cm³/mol. The summed E-state index contributed by atoms with van der Waals surface area (Å²) < 4.78 is 0. The molecule has 0 bridgehead atoms. The van der Waals surface area contributed by atoms with Gasteiger partial charge in [0, 0.05) is 18.1 Å². The van der Waals surface area contributed by atoms with Crippen molar-refractivity contribution in [1.82, 2.24) is 4.90 Å². The molecule has 0 aliphatic carbocycles. The third-order valence-corrected chi connectivity index (χ3v) is 3.44. The lowest BCUT2D eigenvalue weighted by molar-refractivity contribution is 0.346. The number of thiocarbonyl (C=S) groups is 1. The first kappa shape index (κ1) is 12.5. The number of rotatable bonds is 1. The quantitative estimate of drug-likeness (QED) is 0.607. The van der Waals surface area contributed by atoms with Crippen LogP contribution in [0.2, 0.25) is 5.02 Å². The molecule has 1 aliphatic heterocycles. The summed E-state index contributed by atoms with van der Waals surface area (Å²) in [5, 5.41) is 14.0. The van der Waals surface area contributed by atoms with Crippen molar-refractivity contribution in [3.05, 3.63) is 23.2 Å². The first-order valence-electron chi connectivity index (χ1n) is 5.71. The number of likely N-dealkylation sites (tertiary alicyclic amines) is 1. The second-order valence-corrected chi connectivity index (χ2v) is 4.96. The fourth-order valence-electron chi connectivity index (χ4n) is 1.90. The highest BCUT2D eigenvalue weighted by molar-refractivity contribution is 7.80. The van der Waals surface area contributed by atoms with E-state index in [4.69, 9.17) is 23.8 Å². The minimum Gasteiger partial charge on any atom is -0.506 e. The van der Waals surface area contributed by atoms with Crippen LogP contribution in [-0.4, -0.2) is 28.2 Å². The number of piperidine rings is 1. The van der Waals surface area contributed by atoms with Gasteiger partial charge in [0.2, 0.25) is 0 Å². The van der Waals surface area contributed by atoms with Crippen molar-refractivity contribution in [2.24, 2.45) is 0 Å². The smallest absolute Gasteiger partial charge is 0.173 e. The summed E-state index contributed by atoms with van der Waals surface area (Å²) in [4.78, 5) is 2.12. The monoisotopic (exact) mass is 270 g/mol. The maximum absolute atomic E-state index is 9.68. The number of aromatic hydroxyl groups is 1. The van der Waals surface area contributed by atoms with Crippen LogP contribution in [0.25, 0.3) is 0 Å². The molecule has 5 heteroatoms. The molecule has 1 heterocycles. The molecule has 92 valence electrons. The summed E-state index contributed by atoms with van der Waals surface area (Å²) in [5.41, 5.74) is 0.563. The van der Waals surface area contributed by atoms with Crippen LogP contribution in [0.3, 0.4) is 0 Å². The van der Waals surface area contributed by atoms with E-state index in [1.807, 2.05) is 0 Å². The van der Waals surface area contributed by atoms with Gasteiger partial charge in [0.05, 0.1) is 5.69 Å². The van der Waals surface area contributed by atoms with Gasteiger partial charge >= 0.3 is 0 Å². The van der Waals surface area contributed by atoms with E-state index in [0.717, 1.165) is 13.1 Å². The number of halogens is 1. The van der Waals surface area contributed by atoms with Gasteiger partial charge in [-0.25, -0.2) is 0 Å². The number of hydrogen-bond donors (Lipinski definition) is 2. The Morgan fingerprint density at radius 1 is 1.29 bits per heavy atom. The Balaban J connectivity index is 2.04. The van der Waals surface area contributed by atoms with Crippen molar-refractivity contribution in [1.29, 1.82) is 0 Å². The predicted octanol–water partition coefficient (Wildman–Crippen LogP) is 3.23. The molecule has 2 rings (SSSR count). The fraction of sp³-hybridized carbons (Fsp3) is 0.417. The summed E-state index contributed by atoms with van der Waals surface area (Å²) in [6, 6.07) is 4.88. The summed E-state index contributed by atoms with van der Waals surface area (Å²) in [6.45, 7) is 1.96. The lowest BCUT2D eigenvalue weighted by Crippen LogP contribution is -2.38. The van der Waals surface area contributed by atoms with Crippen LogP contribution >= 0.6 is 23.8 Å². The Morgan fingerprint density at radius 2 is 2.00 bits per heavy atom. The second-order valence-electron chi connectivity index (χ2n) is 4.14. The summed E-state index contributed by atoms with van der Waals surface area (Å²) in [5.74, 6) is 0.161. The van der Waals surface area contributed by atoms with Crippen LogP contribution in [0.1, 0.15) is 19.3 Å². The first-order valence-corrected chi connectivity index (χ1v) is 6.50. The Kier molecular flexibility index (Phi) is 4.07. The number of phenols is 1. The molecule has 0 spiro atoms. The van der Waals surface area contributed by atoms with E-state index >= 15 is 0 Å². The van der Waals surface area contributed by atoms with E-state index in [1.54, 1.807) is 18.2 Å². The number of anilines is 1. The number of nitrogens with zero attached hydrogens (tertiary/aromatic N) is 1. The van der Waals surface area contributed by atoms with Crippen molar-refractivity contribution in [2.45, 2.75) is 19.3 Å². The Hall–Kier alpha value is -1.00. The van der Waals surface area contributed by atoms with E-state index < -0.39 is 0 Å². The van der Waals surface area contributed by atoms with E-state index in [9.17, 15) is 5.11 Å². The van der Waals surface area contributed by atoms with Gasteiger partial charge in [-0.15, -0.1) is 0 Å². The summed E-state index contributed by atoms with van der Waals surface area (Å²) in [7, 11) is 0. The second kappa shape index (κ2) is 5.56. The van der Waals surface area contributed by atoms with Crippen LogP contribution in [-0.2, 0) is 0 Å². The molecule has 0 aromatic heterocycles. The largest absolute Gasteiger partial charge is 0.506 e. The molecular formula is C12H15ClN2OS. The number of hydrogen-bond acceptors (Lipinski definition) is 2. The lowest BCUT2D eigenvalue weighted by Gasteiger charge is -2.29. The van der Waals surface area contributed by atoms with Crippen molar-refractivity contribution >= 4 is 34.6 Å². The zero-order chi connectivity index (χ0) is 12.3. The Labute approximate surface area is 111 Å². The van der Waals surface area contributed by atoms with Gasteiger partial charge in [0.15, 0.2) is 5.11 Å². The van der Waals surface area contributed by atoms with Crippen LogP contribution in [0.5, 0.6) is 5.75 Å². The molecule has 2 N–H and O–H groups in total. The van der Waals surface area contributed by atoms with Gasteiger partial charge in [0.1, 0.15) is 5.75 Å². The van der Waals surface area contributed by atoms with Crippen LogP contribution < -0.4 is 5.32 Å². The molecule has 1 aromatic carbocycles. The maximum atomic E-state index is 9.68. The third kappa shape index (κ3) is 3.23. The average molecular weight is 271 g/mol. The highest BCUT2D eigenvalue weighted by atomic mass is 35.5. The van der Waals surface area contributed by atoms with E-state index in [-0.39, 0.29) is 5.75 Å². The molecule has 0 unspecified atom stereocenters. The van der Waals surface area contributed by atoms with Crippen LogP contribution in [0.15, 0.2) is 18.2 Å². The summed E-state index contributed by atoms with van der Waals surface area (Å²) >= 11 is 11.2. The molecule has 1 saturated heterocycles. The Bertz CT molecular complexity index is 419. The molecule has 17 heavy (non-hydrogen) atoms. The van der Waals surface area contributed by atoms with Gasteiger partial charge in [-0.05, 0) is 49.7 Å². The highest BCUT2D eigenvalue weighted by Crippen LogP contribution is 2.27. The average Bonchev–Trinajstić information content (AvgIpc) is 2.35. The lowest BCUT2D eigenvalue weighted by atomic mass is 10.1. The molecule has 0 amide bonds. The number of phenolic OH excluding ortho intramolecular Hbond substituents is 1. The maximum Gasteiger partial charge on any atom is 0.173 e. The van der Waals surface area contributed by atoms with E-state index in [1.165, 1.54) is 19.3 Å². The van der Waals surface area contributed by atoms with Crippen molar-refractivity contribution in [2.75, 3.05) is 18.4 Å². The van der Waals surface area contributed by atoms with Gasteiger partial charge in [-0.1, -0.05) is 11.6 Å². The molecular weight excluding hydrogens is 256 g/mol. The zero-order valence-corrected chi connectivity index (χ0v) is 11.0. The number of nitrogens with one attached hydrogen (secondary N) is 1. The van der Waals surface area contributed by atoms with Crippen molar-refractivity contribution in [3.8, 4) is 5.75 Å². The van der Waals surface area contributed by atoms with Crippen molar-refractivity contribution in [3.63, 3.8) is 0 Å². The minimum atomic E-state index is 0.161. The van der Waals surface area contributed by atoms with Gasteiger partial charge < -0.3 is 15.3 Å². The molecule has 3 nitrogen and oxygen atoms in total. The zero-order valence-electron chi connectivity index (χ0n) is 9.45. The third-order valence-electron chi connectivity index (χ3n) is 2.84. The fourth-order valence-corrected chi connectivity index (χ4v) is 2.36. The molecule has 0 radical (unpaired) electrons. The summed E-state index contributed by atoms with van der Waals surface area (Å²) in [6.07, 6.45) is 3.61. The molecule has 1 aromatic rings. The standard InChI is InChI=1S/C12H15ClN2OS/c13-9-4-5-11(16)10(8-9)14-12(17)15-6-2-1-3-7-15/h4-5,8,16H,1-3,6-7H2,(H,14,17). The molecule has 0 saturated carbocycles. The van der Waals surface area contributed by atoms with Gasteiger partial charge in [-0.2, -0.15) is 0 Å². The minimum absolute atomic E-state index is 0.161. The first-order chi connectivity index (χ1) is 8.16. The normalized spacial score (nSPS) is 15.7. The molecule has 1 fully saturated rings. The SMILES string of the molecule is Oc1ccc(Cl)cc1NC(=S)N1CCCCC1. The van der Waals surface area contributed by atoms with E-state index in [2.05, 4.69) is 10.2 Å². The van der Waals surface area contributed by atoms with Gasteiger partial charge in [0.25, 0.3) is 0 Å². The van der Waals surface area contributed by atoms with Crippen LogP contribution in [0.4, 0.5) is 5.69 Å². The molecule has 1 aliphatic rings. The van der Waals surface area contributed by atoms with Crippen molar-refractivity contribution < 1.29 is 5.11 Å². The highest BCUT2D eigenvalue weighted by Gasteiger charge is 2.14. The Morgan fingerprint density at radius 3 is 2.71 bits per heavy atom. The molecule has 0 atom stereocenters. The number of benzene rings is 1. The van der Waals surface area contributed by atoms with E-state index in [0.29, 0.717) is 15.8 Å². The topological polar surface area (TPSA) is 35.5 Å². The van der Waals surface area contributed by atoms with Gasteiger partial charge in [-0.3, -0.25) is 0 Å². The van der Waals surface area contributed by atoms with Crippen LogP contribution in [0, 0.1) is 0 Å².